The monoisotopic (exact) mass is 416 g/mol. The second-order valence-corrected chi connectivity index (χ2v) is 8.45. The lowest BCUT2D eigenvalue weighted by Crippen LogP contribution is -2.55. The topological polar surface area (TPSA) is 124 Å². The zero-order valence-corrected chi connectivity index (χ0v) is 16.6. The number of rotatable bonds is 5. The van der Waals surface area contributed by atoms with Crippen molar-refractivity contribution >= 4 is 21.8 Å². The molecule has 0 radical (unpaired) electrons. The first-order chi connectivity index (χ1) is 13.8. The van der Waals surface area contributed by atoms with Gasteiger partial charge < -0.3 is 14.6 Å². The van der Waals surface area contributed by atoms with Gasteiger partial charge in [-0.15, -0.1) is 0 Å². The van der Waals surface area contributed by atoms with Crippen LogP contribution in [0.15, 0.2) is 52.2 Å². The molecule has 1 saturated heterocycles. The van der Waals surface area contributed by atoms with Crippen molar-refractivity contribution in [3.05, 3.63) is 54.0 Å². The van der Waals surface area contributed by atoms with E-state index in [0.29, 0.717) is 5.56 Å². The fourth-order valence-corrected chi connectivity index (χ4v) is 4.65. The quantitative estimate of drug-likeness (QED) is 0.769. The molecule has 9 nitrogen and oxygen atoms in total. The Hall–Kier alpha value is -3.16. The Balaban J connectivity index is 1.62. The van der Waals surface area contributed by atoms with Gasteiger partial charge in [0.15, 0.2) is 0 Å². The molecule has 0 spiro atoms. The highest BCUT2D eigenvalue weighted by Crippen LogP contribution is 2.21. The molecular weight excluding hydrogens is 396 g/mol. The van der Waals surface area contributed by atoms with Crippen molar-refractivity contribution in [1.29, 1.82) is 5.26 Å². The van der Waals surface area contributed by atoms with Gasteiger partial charge in [-0.05, 0) is 25.1 Å². The largest absolute Gasteiger partial charge is 0.472 e. The summed E-state index contributed by atoms with van der Waals surface area (Å²) in [7, 11) is -3.83. The lowest BCUT2D eigenvalue weighted by atomic mass is 10.2. The van der Waals surface area contributed by atoms with Crippen molar-refractivity contribution in [3.63, 3.8) is 0 Å². The van der Waals surface area contributed by atoms with E-state index in [2.05, 4.69) is 5.32 Å². The fraction of sp³-hybridized carbons (Fsp3) is 0.316. The highest BCUT2D eigenvalue weighted by molar-refractivity contribution is 7.89. The van der Waals surface area contributed by atoms with Gasteiger partial charge in [-0.2, -0.15) is 9.57 Å². The maximum absolute atomic E-state index is 12.9. The predicted octanol–water partition coefficient (Wildman–Crippen LogP) is 0.803. The minimum Gasteiger partial charge on any atom is -0.472 e. The molecule has 1 aromatic heterocycles. The second-order valence-electron chi connectivity index (χ2n) is 6.54. The maximum atomic E-state index is 12.9. The molecule has 1 unspecified atom stereocenters. The minimum atomic E-state index is -3.83. The van der Waals surface area contributed by atoms with Gasteiger partial charge in [-0.25, -0.2) is 8.42 Å². The van der Waals surface area contributed by atoms with E-state index in [0.717, 1.165) is 0 Å². The van der Waals surface area contributed by atoms with Crippen molar-refractivity contribution in [2.45, 2.75) is 17.9 Å². The summed E-state index contributed by atoms with van der Waals surface area (Å²) >= 11 is 0. The highest BCUT2D eigenvalue weighted by Gasteiger charge is 2.33. The number of furan rings is 1. The summed E-state index contributed by atoms with van der Waals surface area (Å²) in [6.07, 6.45) is 2.65. The smallest absolute Gasteiger partial charge is 0.255 e. The Morgan fingerprint density at radius 3 is 2.48 bits per heavy atom. The summed E-state index contributed by atoms with van der Waals surface area (Å²) < 4.78 is 31.8. The zero-order chi connectivity index (χ0) is 21.0. The standard InChI is InChI=1S/C19H20N4O5S/c1-14(21-18(24)16-6-11-28-13-16)19(25)22-7-9-23(10-8-22)29(26,27)17-5-3-2-4-15(17)12-20/h2-6,11,13-14H,7-10H2,1H3,(H,21,24). The van der Waals surface area contributed by atoms with Crippen LogP contribution in [0.1, 0.15) is 22.8 Å². The number of benzene rings is 1. The Morgan fingerprint density at radius 1 is 1.17 bits per heavy atom. The van der Waals surface area contributed by atoms with Crippen LogP contribution in [0.5, 0.6) is 0 Å². The summed E-state index contributed by atoms with van der Waals surface area (Å²) in [5, 5.41) is 11.8. The molecule has 1 N–H and O–H groups in total. The van der Waals surface area contributed by atoms with Gasteiger partial charge >= 0.3 is 0 Å². The summed E-state index contributed by atoms with van der Waals surface area (Å²) in [6, 6.07) is 8.66. The van der Waals surface area contributed by atoms with E-state index in [-0.39, 0.29) is 42.5 Å². The normalized spacial score (nSPS) is 16.1. The number of carbonyl (C=O) groups excluding carboxylic acids is 2. The van der Waals surface area contributed by atoms with E-state index in [4.69, 9.17) is 4.42 Å². The summed E-state index contributed by atoms with van der Waals surface area (Å²) in [5.41, 5.74) is 0.401. The van der Waals surface area contributed by atoms with Crippen molar-refractivity contribution in [3.8, 4) is 6.07 Å². The highest BCUT2D eigenvalue weighted by atomic mass is 32.2. The molecule has 1 aromatic carbocycles. The molecule has 152 valence electrons. The molecule has 1 fully saturated rings. The molecule has 29 heavy (non-hydrogen) atoms. The lowest BCUT2D eigenvalue weighted by molar-refractivity contribution is -0.134. The summed E-state index contributed by atoms with van der Waals surface area (Å²) in [5.74, 6) is -0.717. The Labute approximate surface area is 168 Å². The third-order valence-electron chi connectivity index (χ3n) is 4.68. The number of nitriles is 1. The maximum Gasteiger partial charge on any atom is 0.255 e. The molecule has 0 bridgehead atoms. The van der Waals surface area contributed by atoms with E-state index in [1.165, 1.54) is 39.9 Å². The van der Waals surface area contributed by atoms with E-state index in [9.17, 15) is 23.3 Å². The average Bonchev–Trinajstić information content (AvgIpc) is 3.28. The molecule has 2 amide bonds. The number of carbonyl (C=O) groups is 2. The van der Waals surface area contributed by atoms with E-state index < -0.39 is 22.0 Å². The Morgan fingerprint density at radius 2 is 1.86 bits per heavy atom. The van der Waals surface area contributed by atoms with Crippen LogP contribution in [0.2, 0.25) is 0 Å². The van der Waals surface area contributed by atoms with Crippen molar-refractivity contribution in [2.24, 2.45) is 0 Å². The minimum absolute atomic E-state index is 0.0389. The molecule has 2 aromatic rings. The number of hydrogen-bond donors (Lipinski definition) is 1. The first kappa shape index (κ1) is 20.6. The van der Waals surface area contributed by atoms with Crippen LogP contribution < -0.4 is 5.32 Å². The number of nitrogens with one attached hydrogen (secondary N) is 1. The van der Waals surface area contributed by atoms with Crippen molar-refractivity contribution in [1.82, 2.24) is 14.5 Å². The first-order valence-corrected chi connectivity index (χ1v) is 10.4. The number of hydrogen-bond acceptors (Lipinski definition) is 6. The molecule has 1 aliphatic heterocycles. The van der Waals surface area contributed by atoms with Gasteiger partial charge in [0, 0.05) is 26.2 Å². The van der Waals surface area contributed by atoms with Gasteiger partial charge in [-0.3, -0.25) is 9.59 Å². The SMILES string of the molecule is CC(NC(=O)c1ccoc1)C(=O)N1CCN(S(=O)(=O)c2ccccc2C#N)CC1. The second kappa shape index (κ2) is 8.46. The molecule has 2 heterocycles. The van der Waals surface area contributed by atoms with Crippen LogP contribution in [-0.4, -0.2) is 61.7 Å². The first-order valence-electron chi connectivity index (χ1n) is 8.95. The molecule has 0 aliphatic carbocycles. The van der Waals surface area contributed by atoms with Crippen LogP contribution >= 0.6 is 0 Å². The van der Waals surface area contributed by atoms with Crippen LogP contribution in [0.25, 0.3) is 0 Å². The Kier molecular flexibility index (Phi) is 6.00. The van der Waals surface area contributed by atoms with Gasteiger partial charge in [0.2, 0.25) is 15.9 Å². The molecular formula is C19H20N4O5S. The Bertz CT molecular complexity index is 1030. The van der Waals surface area contributed by atoms with Crippen LogP contribution in [0, 0.1) is 11.3 Å². The number of sulfonamides is 1. The van der Waals surface area contributed by atoms with E-state index in [1.807, 2.05) is 6.07 Å². The van der Waals surface area contributed by atoms with Gasteiger partial charge in [-0.1, -0.05) is 12.1 Å². The van der Waals surface area contributed by atoms with Gasteiger partial charge in [0.1, 0.15) is 18.4 Å². The number of piperazine rings is 1. The summed E-state index contributed by atoms with van der Waals surface area (Å²) in [4.78, 5) is 26.1. The van der Waals surface area contributed by atoms with Crippen LogP contribution in [-0.2, 0) is 14.8 Å². The van der Waals surface area contributed by atoms with E-state index in [1.54, 1.807) is 19.1 Å². The fourth-order valence-electron chi connectivity index (χ4n) is 3.08. The van der Waals surface area contributed by atoms with Crippen molar-refractivity contribution < 1.29 is 22.4 Å². The van der Waals surface area contributed by atoms with E-state index >= 15 is 0 Å². The average molecular weight is 416 g/mol. The molecule has 10 heteroatoms. The van der Waals surface area contributed by atoms with Gasteiger partial charge in [0.25, 0.3) is 5.91 Å². The third-order valence-corrected chi connectivity index (χ3v) is 6.63. The predicted molar refractivity (Wildman–Crippen MR) is 102 cm³/mol. The summed E-state index contributed by atoms with van der Waals surface area (Å²) in [6.45, 7) is 2.18. The molecule has 1 aliphatic rings. The van der Waals surface area contributed by atoms with Gasteiger partial charge in [0.05, 0.1) is 22.3 Å². The molecule has 0 saturated carbocycles. The molecule has 3 rings (SSSR count). The van der Waals surface area contributed by atoms with Crippen LogP contribution in [0.4, 0.5) is 0 Å². The van der Waals surface area contributed by atoms with Crippen LogP contribution in [0.3, 0.4) is 0 Å². The zero-order valence-electron chi connectivity index (χ0n) is 15.7. The third kappa shape index (κ3) is 4.31. The number of nitrogens with zero attached hydrogens (tertiary/aromatic N) is 3. The van der Waals surface area contributed by atoms with Crippen molar-refractivity contribution in [2.75, 3.05) is 26.2 Å². The lowest BCUT2D eigenvalue weighted by Gasteiger charge is -2.35. The number of amides is 2. The molecule has 1 atom stereocenters.